The molecule has 24 heavy (non-hydrogen) atoms. The highest BCUT2D eigenvalue weighted by Gasteiger charge is 2.15. The number of hydrogen-bond donors (Lipinski definition) is 0. The van der Waals surface area contributed by atoms with Crippen molar-refractivity contribution >= 4 is 5.95 Å². The number of nitro groups is 1. The van der Waals surface area contributed by atoms with Crippen LogP contribution in [0.1, 0.15) is 5.69 Å². The molecular weight excluding hydrogens is 318 g/mol. The third-order valence-electron chi connectivity index (χ3n) is 3.18. The van der Waals surface area contributed by atoms with Crippen molar-refractivity contribution in [2.45, 2.75) is 6.54 Å². The van der Waals surface area contributed by atoms with E-state index in [0.717, 1.165) is 5.69 Å². The van der Waals surface area contributed by atoms with Gasteiger partial charge in [0, 0.05) is 11.2 Å². The summed E-state index contributed by atoms with van der Waals surface area (Å²) in [5, 5.41) is 22.4. The predicted octanol–water partition coefficient (Wildman–Crippen LogP) is 0.832. The standard InChI is InChI=1S/C13H13N7O4/c1-23-11-4-3-10(5-12(11)24-2)19-7-9(15-17-19)6-18-8-14-13(16-18)20(21)22/h3-5,7-8H,6H2,1-2H3. The number of benzene rings is 1. The monoisotopic (exact) mass is 331 g/mol. The van der Waals surface area contributed by atoms with Crippen molar-refractivity contribution in [3.63, 3.8) is 0 Å². The number of hydrogen-bond acceptors (Lipinski definition) is 8. The molecule has 0 saturated carbocycles. The van der Waals surface area contributed by atoms with Gasteiger partial charge in [-0.1, -0.05) is 10.2 Å². The Balaban J connectivity index is 1.81. The van der Waals surface area contributed by atoms with Gasteiger partial charge in [0.2, 0.25) is 6.33 Å². The SMILES string of the molecule is COc1ccc(-n2cc(Cn3cnc([N+](=O)[O-])n3)nn2)cc1OC. The Morgan fingerprint density at radius 1 is 1.25 bits per heavy atom. The second kappa shape index (κ2) is 6.32. The third kappa shape index (κ3) is 2.99. The minimum absolute atomic E-state index is 0.216. The Bertz CT molecular complexity index is 873. The average Bonchev–Trinajstić information content (AvgIpc) is 3.24. The van der Waals surface area contributed by atoms with Crippen molar-refractivity contribution in [2.75, 3.05) is 14.2 Å². The maximum atomic E-state index is 10.6. The first-order valence-corrected chi connectivity index (χ1v) is 6.78. The summed E-state index contributed by atoms with van der Waals surface area (Å²) in [4.78, 5) is 13.5. The highest BCUT2D eigenvalue weighted by molar-refractivity contribution is 5.48. The summed E-state index contributed by atoms with van der Waals surface area (Å²) in [7, 11) is 3.11. The molecule has 0 aliphatic heterocycles. The summed E-state index contributed by atoms with van der Waals surface area (Å²) >= 11 is 0. The zero-order valence-corrected chi connectivity index (χ0v) is 12.9. The molecule has 0 unspecified atom stereocenters. The first kappa shape index (κ1) is 15.4. The number of ether oxygens (including phenoxy) is 2. The zero-order chi connectivity index (χ0) is 17.1. The Labute approximate surface area is 135 Å². The topological polar surface area (TPSA) is 123 Å². The number of rotatable bonds is 6. The van der Waals surface area contributed by atoms with Gasteiger partial charge >= 0.3 is 5.95 Å². The highest BCUT2D eigenvalue weighted by Crippen LogP contribution is 2.28. The summed E-state index contributed by atoms with van der Waals surface area (Å²) in [6, 6.07) is 5.33. The second-order valence-corrected chi connectivity index (χ2v) is 4.69. The van der Waals surface area contributed by atoms with Gasteiger partial charge in [-0.2, -0.15) is 4.68 Å². The summed E-state index contributed by atoms with van der Waals surface area (Å²) in [6.45, 7) is 0.216. The molecule has 3 aromatic rings. The van der Waals surface area contributed by atoms with Crippen LogP contribution in [0.25, 0.3) is 5.69 Å². The van der Waals surface area contributed by atoms with E-state index in [1.807, 2.05) is 0 Å². The summed E-state index contributed by atoms with van der Waals surface area (Å²) in [6.07, 6.45) is 2.96. The first-order valence-electron chi connectivity index (χ1n) is 6.78. The molecule has 0 radical (unpaired) electrons. The molecule has 0 atom stereocenters. The Hall–Kier alpha value is -3.50. The molecule has 3 rings (SSSR count). The fourth-order valence-electron chi connectivity index (χ4n) is 2.08. The normalized spacial score (nSPS) is 10.6. The maximum Gasteiger partial charge on any atom is 0.490 e. The molecule has 124 valence electrons. The van der Waals surface area contributed by atoms with Gasteiger partial charge < -0.3 is 19.6 Å². The quantitative estimate of drug-likeness (QED) is 0.480. The summed E-state index contributed by atoms with van der Waals surface area (Å²) in [5.74, 6) is 0.720. The van der Waals surface area contributed by atoms with Crippen LogP contribution in [-0.4, -0.2) is 48.9 Å². The average molecular weight is 331 g/mol. The second-order valence-electron chi connectivity index (χ2n) is 4.69. The molecule has 0 amide bonds. The first-order chi connectivity index (χ1) is 11.6. The van der Waals surface area contributed by atoms with E-state index in [-0.39, 0.29) is 6.54 Å². The number of methoxy groups -OCH3 is 2. The van der Waals surface area contributed by atoms with Crippen LogP contribution in [0.5, 0.6) is 11.5 Å². The van der Waals surface area contributed by atoms with E-state index >= 15 is 0 Å². The minimum Gasteiger partial charge on any atom is -0.493 e. The van der Waals surface area contributed by atoms with Crippen molar-refractivity contribution in [3.8, 4) is 17.2 Å². The molecule has 1 aromatic carbocycles. The van der Waals surface area contributed by atoms with Crippen LogP contribution in [0.2, 0.25) is 0 Å². The van der Waals surface area contributed by atoms with E-state index in [4.69, 9.17) is 9.47 Å². The van der Waals surface area contributed by atoms with Crippen molar-refractivity contribution in [1.29, 1.82) is 0 Å². The lowest BCUT2D eigenvalue weighted by Crippen LogP contribution is -2.01. The Morgan fingerprint density at radius 3 is 2.71 bits per heavy atom. The molecular formula is C13H13N7O4. The van der Waals surface area contributed by atoms with Gasteiger partial charge in [-0.15, -0.1) is 5.10 Å². The molecule has 0 N–H and O–H groups in total. The largest absolute Gasteiger partial charge is 0.493 e. The van der Waals surface area contributed by atoms with Gasteiger partial charge in [0.25, 0.3) is 0 Å². The van der Waals surface area contributed by atoms with E-state index < -0.39 is 10.9 Å². The van der Waals surface area contributed by atoms with Gasteiger partial charge in [0.05, 0.1) is 26.1 Å². The Morgan fingerprint density at radius 2 is 2.04 bits per heavy atom. The van der Waals surface area contributed by atoms with Crippen LogP contribution >= 0.6 is 0 Å². The van der Waals surface area contributed by atoms with Crippen LogP contribution in [0, 0.1) is 10.1 Å². The molecule has 2 aromatic heterocycles. The van der Waals surface area contributed by atoms with Gasteiger partial charge in [-0.25, -0.2) is 4.68 Å². The maximum absolute atomic E-state index is 10.6. The van der Waals surface area contributed by atoms with E-state index in [9.17, 15) is 10.1 Å². The molecule has 0 spiro atoms. The number of nitrogens with zero attached hydrogens (tertiary/aromatic N) is 7. The number of aromatic nitrogens is 6. The molecule has 2 heterocycles. The van der Waals surface area contributed by atoms with Crippen LogP contribution in [0.4, 0.5) is 5.95 Å². The van der Waals surface area contributed by atoms with E-state index in [1.54, 1.807) is 43.3 Å². The van der Waals surface area contributed by atoms with E-state index in [0.29, 0.717) is 17.2 Å². The van der Waals surface area contributed by atoms with Gasteiger partial charge in [-0.3, -0.25) is 0 Å². The lowest BCUT2D eigenvalue weighted by Gasteiger charge is -2.08. The molecule has 0 fully saturated rings. The van der Waals surface area contributed by atoms with Crippen LogP contribution < -0.4 is 9.47 Å². The fourth-order valence-corrected chi connectivity index (χ4v) is 2.08. The predicted molar refractivity (Wildman–Crippen MR) is 80.2 cm³/mol. The molecule has 0 bridgehead atoms. The molecule has 0 aliphatic rings. The lowest BCUT2D eigenvalue weighted by molar-refractivity contribution is -0.394. The van der Waals surface area contributed by atoms with Gasteiger partial charge in [0.15, 0.2) is 11.5 Å². The molecule has 0 saturated heterocycles. The smallest absolute Gasteiger partial charge is 0.490 e. The summed E-state index contributed by atoms with van der Waals surface area (Å²) < 4.78 is 13.3. The molecule has 0 aliphatic carbocycles. The van der Waals surface area contributed by atoms with Gasteiger partial charge in [0.1, 0.15) is 12.2 Å². The van der Waals surface area contributed by atoms with Crippen molar-refractivity contribution in [1.82, 2.24) is 29.8 Å². The van der Waals surface area contributed by atoms with Crippen molar-refractivity contribution in [3.05, 3.63) is 46.5 Å². The molecule has 11 heteroatoms. The lowest BCUT2D eigenvalue weighted by atomic mass is 10.3. The van der Waals surface area contributed by atoms with Crippen molar-refractivity contribution < 1.29 is 14.4 Å². The van der Waals surface area contributed by atoms with Crippen LogP contribution in [0.15, 0.2) is 30.7 Å². The minimum atomic E-state index is -0.656. The van der Waals surface area contributed by atoms with Crippen LogP contribution in [-0.2, 0) is 6.54 Å². The Kier molecular flexibility index (Phi) is 4.05. The van der Waals surface area contributed by atoms with E-state index in [2.05, 4.69) is 20.4 Å². The van der Waals surface area contributed by atoms with Crippen LogP contribution in [0.3, 0.4) is 0 Å². The highest BCUT2D eigenvalue weighted by atomic mass is 16.6. The zero-order valence-electron chi connectivity index (χ0n) is 12.9. The van der Waals surface area contributed by atoms with Gasteiger partial charge in [-0.05, 0) is 17.1 Å². The van der Waals surface area contributed by atoms with E-state index in [1.165, 1.54) is 11.0 Å². The third-order valence-corrected chi connectivity index (χ3v) is 3.18. The van der Waals surface area contributed by atoms with Crippen molar-refractivity contribution in [2.24, 2.45) is 0 Å². The molecule has 11 nitrogen and oxygen atoms in total. The fraction of sp³-hybridized carbons (Fsp3) is 0.231. The summed E-state index contributed by atoms with van der Waals surface area (Å²) in [5.41, 5.74) is 1.31.